The first-order valence-electron chi connectivity index (χ1n) is 5.75. The molecule has 0 saturated heterocycles. The molecule has 0 heterocycles. The SMILES string of the molecule is CNCCN(C)C(=O)CCCC(C)(C)C. The van der Waals surface area contributed by atoms with Gasteiger partial charge < -0.3 is 10.2 Å². The van der Waals surface area contributed by atoms with Crippen LogP contribution < -0.4 is 5.32 Å². The summed E-state index contributed by atoms with van der Waals surface area (Å²) in [6.45, 7) is 8.29. The number of carbonyl (C=O) groups is 1. The lowest BCUT2D eigenvalue weighted by molar-refractivity contribution is -0.130. The molecule has 1 amide bonds. The highest BCUT2D eigenvalue weighted by Crippen LogP contribution is 2.21. The second-order valence-corrected chi connectivity index (χ2v) is 5.33. The lowest BCUT2D eigenvalue weighted by atomic mass is 9.90. The van der Waals surface area contributed by atoms with Gasteiger partial charge in [0.15, 0.2) is 0 Å². The zero-order valence-electron chi connectivity index (χ0n) is 10.9. The molecule has 1 N–H and O–H groups in total. The number of rotatable bonds is 6. The van der Waals surface area contributed by atoms with Crippen LogP contribution in [0.1, 0.15) is 40.0 Å². The van der Waals surface area contributed by atoms with Gasteiger partial charge in [-0.25, -0.2) is 0 Å². The number of nitrogens with one attached hydrogen (secondary N) is 1. The van der Waals surface area contributed by atoms with E-state index in [0.717, 1.165) is 25.9 Å². The van der Waals surface area contributed by atoms with E-state index in [1.165, 1.54) is 0 Å². The fourth-order valence-corrected chi connectivity index (χ4v) is 1.37. The van der Waals surface area contributed by atoms with E-state index in [0.29, 0.717) is 11.8 Å². The minimum absolute atomic E-state index is 0.259. The molecule has 0 spiro atoms. The van der Waals surface area contributed by atoms with Crippen LogP contribution in [0.3, 0.4) is 0 Å². The highest BCUT2D eigenvalue weighted by Gasteiger charge is 2.12. The van der Waals surface area contributed by atoms with Crippen molar-refractivity contribution in [1.29, 1.82) is 0 Å². The summed E-state index contributed by atoms with van der Waals surface area (Å²) in [6, 6.07) is 0. The molecule has 0 aliphatic rings. The van der Waals surface area contributed by atoms with E-state index in [-0.39, 0.29) is 5.91 Å². The summed E-state index contributed by atoms with van der Waals surface area (Å²) >= 11 is 0. The summed E-state index contributed by atoms with van der Waals surface area (Å²) in [4.78, 5) is 13.4. The average molecular weight is 214 g/mol. The van der Waals surface area contributed by atoms with Gasteiger partial charge in [-0.15, -0.1) is 0 Å². The largest absolute Gasteiger partial charge is 0.344 e. The molecular formula is C12H26N2O. The van der Waals surface area contributed by atoms with Crippen LogP contribution in [0.15, 0.2) is 0 Å². The summed E-state index contributed by atoms with van der Waals surface area (Å²) in [5, 5.41) is 3.04. The Morgan fingerprint density at radius 2 is 1.93 bits per heavy atom. The molecule has 15 heavy (non-hydrogen) atoms. The van der Waals surface area contributed by atoms with Crippen LogP contribution in [0.5, 0.6) is 0 Å². The Morgan fingerprint density at radius 1 is 1.33 bits per heavy atom. The van der Waals surface area contributed by atoms with Gasteiger partial charge >= 0.3 is 0 Å². The number of carbonyl (C=O) groups excluding carboxylic acids is 1. The molecule has 0 aromatic rings. The van der Waals surface area contributed by atoms with Gasteiger partial charge in [-0.3, -0.25) is 4.79 Å². The lowest BCUT2D eigenvalue weighted by Gasteiger charge is -2.20. The first-order chi connectivity index (χ1) is 6.87. The Labute approximate surface area is 94.2 Å². The fraction of sp³-hybridized carbons (Fsp3) is 0.917. The average Bonchev–Trinajstić information content (AvgIpc) is 2.11. The summed E-state index contributed by atoms with van der Waals surface area (Å²) in [5.74, 6) is 0.259. The van der Waals surface area contributed by atoms with Crippen molar-refractivity contribution >= 4 is 5.91 Å². The maximum absolute atomic E-state index is 11.6. The van der Waals surface area contributed by atoms with E-state index in [1.54, 1.807) is 4.90 Å². The molecule has 0 atom stereocenters. The van der Waals surface area contributed by atoms with Crippen molar-refractivity contribution in [2.45, 2.75) is 40.0 Å². The lowest BCUT2D eigenvalue weighted by Crippen LogP contribution is -2.32. The van der Waals surface area contributed by atoms with Gasteiger partial charge in [0.05, 0.1) is 0 Å². The van der Waals surface area contributed by atoms with E-state index in [2.05, 4.69) is 26.1 Å². The number of hydrogen-bond acceptors (Lipinski definition) is 2. The van der Waals surface area contributed by atoms with Gasteiger partial charge in [0, 0.05) is 26.6 Å². The number of likely N-dealkylation sites (N-methyl/N-ethyl adjacent to an activating group) is 2. The van der Waals surface area contributed by atoms with E-state index in [9.17, 15) is 4.79 Å². The molecule has 0 aliphatic carbocycles. The van der Waals surface area contributed by atoms with Crippen LogP contribution in [0.4, 0.5) is 0 Å². The second-order valence-electron chi connectivity index (χ2n) is 5.33. The Kier molecular flexibility index (Phi) is 6.57. The van der Waals surface area contributed by atoms with Crippen molar-refractivity contribution in [2.24, 2.45) is 5.41 Å². The third-order valence-electron chi connectivity index (χ3n) is 2.44. The van der Waals surface area contributed by atoms with Crippen LogP contribution in [-0.2, 0) is 4.79 Å². The smallest absolute Gasteiger partial charge is 0.222 e. The second kappa shape index (κ2) is 6.83. The first kappa shape index (κ1) is 14.4. The summed E-state index contributed by atoms with van der Waals surface area (Å²) in [6.07, 6.45) is 2.78. The normalized spacial score (nSPS) is 11.5. The van der Waals surface area contributed by atoms with Crippen molar-refractivity contribution in [1.82, 2.24) is 10.2 Å². The molecule has 0 unspecified atom stereocenters. The van der Waals surface area contributed by atoms with Gasteiger partial charge in [0.25, 0.3) is 0 Å². The standard InChI is InChI=1S/C12H26N2O/c1-12(2,3)8-6-7-11(15)14(5)10-9-13-4/h13H,6-10H2,1-5H3. The van der Waals surface area contributed by atoms with Crippen LogP contribution in [0.25, 0.3) is 0 Å². The van der Waals surface area contributed by atoms with Crippen molar-refractivity contribution in [3.63, 3.8) is 0 Å². The summed E-state index contributed by atoms with van der Waals surface area (Å²) < 4.78 is 0. The van der Waals surface area contributed by atoms with Crippen molar-refractivity contribution in [2.75, 3.05) is 27.2 Å². The van der Waals surface area contributed by atoms with Crippen molar-refractivity contribution in [3.8, 4) is 0 Å². The molecule has 0 fully saturated rings. The quantitative estimate of drug-likeness (QED) is 0.732. The summed E-state index contributed by atoms with van der Waals surface area (Å²) in [7, 11) is 3.77. The Balaban J connectivity index is 3.64. The topological polar surface area (TPSA) is 32.3 Å². The predicted octanol–water partition coefficient (Wildman–Crippen LogP) is 1.88. The molecule has 0 bridgehead atoms. The van der Waals surface area contributed by atoms with Crippen molar-refractivity contribution in [3.05, 3.63) is 0 Å². The van der Waals surface area contributed by atoms with Gasteiger partial charge in [0.1, 0.15) is 0 Å². The highest BCUT2D eigenvalue weighted by atomic mass is 16.2. The van der Waals surface area contributed by atoms with Gasteiger partial charge in [0.2, 0.25) is 5.91 Å². The third kappa shape index (κ3) is 8.43. The van der Waals surface area contributed by atoms with Crippen LogP contribution in [0, 0.1) is 5.41 Å². The molecular weight excluding hydrogens is 188 g/mol. The Morgan fingerprint density at radius 3 is 2.40 bits per heavy atom. The zero-order valence-corrected chi connectivity index (χ0v) is 10.9. The molecule has 0 radical (unpaired) electrons. The van der Waals surface area contributed by atoms with Gasteiger partial charge in [-0.2, -0.15) is 0 Å². The fourth-order valence-electron chi connectivity index (χ4n) is 1.37. The Bertz CT molecular complexity index is 185. The highest BCUT2D eigenvalue weighted by molar-refractivity contribution is 5.75. The van der Waals surface area contributed by atoms with E-state index in [1.807, 2.05) is 14.1 Å². The Hall–Kier alpha value is -0.570. The third-order valence-corrected chi connectivity index (χ3v) is 2.44. The van der Waals surface area contributed by atoms with Crippen LogP contribution in [0.2, 0.25) is 0 Å². The monoisotopic (exact) mass is 214 g/mol. The molecule has 3 heteroatoms. The molecule has 0 saturated carbocycles. The van der Waals surface area contributed by atoms with E-state index in [4.69, 9.17) is 0 Å². The van der Waals surface area contributed by atoms with Gasteiger partial charge in [-0.05, 0) is 25.3 Å². The van der Waals surface area contributed by atoms with Crippen molar-refractivity contribution < 1.29 is 4.79 Å². The van der Waals surface area contributed by atoms with Crippen LogP contribution >= 0.6 is 0 Å². The molecule has 0 aromatic carbocycles. The van der Waals surface area contributed by atoms with Gasteiger partial charge in [-0.1, -0.05) is 20.8 Å². The zero-order chi connectivity index (χ0) is 11.9. The number of amides is 1. The molecule has 3 nitrogen and oxygen atoms in total. The predicted molar refractivity (Wildman–Crippen MR) is 64.9 cm³/mol. The summed E-state index contributed by atoms with van der Waals surface area (Å²) in [5.41, 5.74) is 0.337. The number of nitrogens with zero attached hydrogens (tertiary/aromatic N) is 1. The van der Waals surface area contributed by atoms with E-state index < -0.39 is 0 Å². The number of hydrogen-bond donors (Lipinski definition) is 1. The maximum Gasteiger partial charge on any atom is 0.222 e. The minimum Gasteiger partial charge on any atom is -0.344 e. The molecule has 0 rings (SSSR count). The maximum atomic E-state index is 11.6. The van der Waals surface area contributed by atoms with Crippen LogP contribution in [-0.4, -0.2) is 38.0 Å². The first-order valence-corrected chi connectivity index (χ1v) is 5.75. The molecule has 0 aromatic heterocycles. The molecule has 90 valence electrons. The van der Waals surface area contributed by atoms with E-state index >= 15 is 0 Å². The molecule has 0 aliphatic heterocycles. The minimum atomic E-state index is 0.259.